The van der Waals surface area contributed by atoms with Crippen LogP contribution in [0.25, 0.3) is 0 Å². The van der Waals surface area contributed by atoms with Crippen LogP contribution in [0.15, 0.2) is 24.3 Å². The molecule has 2 saturated heterocycles. The van der Waals surface area contributed by atoms with Gasteiger partial charge < -0.3 is 14.9 Å². The fourth-order valence-electron chi connectivity index (χ4n) is 3.59. The highest BCUT2D eigenvalue weighted by atomic mass is 16.4. The minimum Gasteiger partial charge on any atom is -0.481 e. The third-order valence-electron chi connectivity index (χ3n) is 5.36. The lowest BCUT2D eigenvalue weighted by molar-refractivity contribution is -0.147. The van der Waals surface area contributed by atoms with E-state index in [0.717, 1.165) is 5.56 Å². The largest absolute Gasteiger partial charge is 0.481 e. The maximum absolute atomic E-state index is 12.7. The molecule has 2 amide bonds. The van der Waals surface area contributed by atoms with Crippen LogP contribution in [0.1, 0.15) is 30.9 Å². The molecule has 1 aromatic rings. The Morgan fingerprint density at radius 2 is 1.96 bits per heavy atom. The van der Waals surface area contributed by atoms with Crippen molar-refractivity contribution in [2.75, 3.05) is 19.6 Å². The van der Waals surface area contributed by atoms with Crippen molar-refractivity contribution in [3.8, 4) is 0 Å². The van der Waals surface area contributed by atoms with Gasteiger partial charge in [0.1, 0.15) is 0 Å². The molecule has 0 unspecified atom stereocenters. The molecule has 0 spiro atoms. The number of carbonyl (C=O) groups is 3. The molecule has 25 heavy (non-hydrogen) atoms. The van der Waals surface area contributed by atoms with Crippen molar-refractivity contribution in [3.05, 3.63) is 35.4 Å². The molecule has 1 aromatic carbocycles. The van der Waals surface area contributed by atoms with E-state index in [4.69, 9.17) is 0 Å². The van der Waals surface area contributed by atoms with Crippen molar-refractivity contribution < 1.29 is 19.5 Å². The molecule has 0 aliphatic carbocycles. The van der Waals surface area contributed by atoms with Gasteiger partial charge in [0.05, 0.1) is 11.3 Å². The van der Waals surface area contributed by atoms with E-state index < -0.39 is 11.4 Å². The number of carboxylic acids is 1. The lowest BCUT2D eigenvalue weighted by Crippen LogP contribution is -2.38. The summed E-state index contributed by atoms with van der Waals surface area (Å²) in [5.74, 6) is -1.34. The van der Waals surface area contributed by atoms with Crippen molar-refractivity contribution in [3.63, 3.8) is 0 Å². The summed E-state index contributed by atoms with van der Waals surface area (Å²) >= 11 is 0. The van der Waals surface area contributed by atoms with Gasteiger partial charge in [0.25, 0.3) is 0 Å². The fourth-order valence-corrected chi connectivity index (χ4v) is 3.59. The lowest BCUT2D eigenvalue weighted by atomic mass is 9.90. The number of carbonyl (C=O) groups excluding carboxylic acids is 2. The molecule has 2 aliphatic rings. The van der Waals surface area contributed by atoms with Gasteiger partial charge in [0.15, 0.2) is 0 Å². The van der Waals surface area contributed by atoms with Gasteiger partial charge in [-0.15, -0.1) is 0 Å². The predicted molar refractivity (Wildman–Crippen MR) is 91.6 cm³/mol. The van der Waals surface area contributed by atoms with Crippen LogP contribution in [0, 0.1) is 18.3 Å². The second-order valence-electron chi connectivity index (χ2n) is 7.54. The zero-order valence-electron chi connectivity index (χ0n) is 14.7. The Labute approximate surface area is 147 Å². The highest BCUT2D eigenvalue weighted by molar-refractivity contribution is 5.90. The second kappa shape index (κ2) is 6.50. The molecule has 134 valence electrons. The highest BCUT2D eigenvalue weighted by Gasteiger charge is 2.45. The summed E-state index contributed by atoms with van der Waals surface area (Å²) in [7, 11) is 0. The molecule has 2 fully saturated rings. The summed E-state index contributed by atoms with van der Waals surface area (Å²) in [4.78, 5) is 39.7. The summed E-state index contributed by atoms with van der Waals surface area (Å²) in [6.45, 7) is 5.28. The quantitative estimate of drug-likeness (QED) is 0.901. The van der Waals surface area contributed by atoms with Crippen LogP contribution < -0.4 is 0 Å². The molecule has 2 heterocycles. The number of carboxylic acid groups (broad SMARTS) is 1. The van der Waals surface area contributed by atoms with E-state index in [-0.39, 0.29) is 30.7 Å². The first-order chi connectivity index (χ1) is 11.8. The van der Waals surface area contributed by atoms with Crippen LogP contribution in [0.5, 0.6) is 0 Å². The average molecular weight is 344 g/mol. The van der Waals surface area contributed by atoms with Crippen molar-refractivity contribution in [1.82, 2.24) is 9.80 Å². The molecule has 0 saturated carbocycles. The maximum Gasteiger partial charge on any atom is 0.311 e. The Morgan fingerprint density at radius 1 is 1.28 bits per heavy atom. The van der Waals surface area contributed by atoms with Gasteiger partial charge in [-0.2, -0.15) is 0 Å². The number of likely N-dealkylation sites (tertiary alicyclic amines) is 2. The standard InChI is InChI=1S/C19H24N2O4/c1-13-3-5-14(6-4-13)10-21-11-15(9-16(21)22)17(23)20-8-7-19(2,12-20)18(24)25/h3-6,15H,7-12H2,1-2H3,(H,24,25)/t15-,19-/m0/s1. The summed E-state index contributed by atoms with van der Waals surface area (Å²) in [6, 6.07) is 8.01. The topological polar surface area (TPSA) is 77.9 Å². The Morgan fingerprint density at radius 3 is 2.56 bits per heavy atom. The third-order valence-corrected chi connectivity index (χ3v) is 5.36. The number of hydrogen-bond acceptors (Lipinski definition) is 3. The van der Waals surface area contributed by atoms with Crippen molar-refractivity contribution >= 4 is 17.8 Å². The van der Waals surface area contributed by atoms with Gasteiger partial charge in [0.2, 0.25) is 11.8 Å². The monoisotopic (exact) mass is 344 g/mol. The molecule has 6 heteroatoms. The molecule has 3 rings (SSSR count). The van der Waals surface area contributed by atoms with Gasteiger partial charge in [-0.25, -0.2) is 0 Å². The number of rotatable bonds is 4. The molecule has 6 nitrogen and oxygen atoms in total. The molecule has 0 bridgehead atoms. The summed E-state index contributed by atoms with van der Waals surface area (Å²) < 4.78 is 0. The van der Waals surface area contributed by atoms with Gasteiger partial charge in [-0.1, -0.05) is 29.8 Å². The normalized spacial score (nSPS) is 26.3. The fraction of sp³-hybridized carbons (Fsp3) is 0.526. The first-order valence-electron chi connectivity index (χ1n) is 8.64. The van der Waals surface area contributed by atoms with Crippen LogP contribution >= 0.6 is 0 Å². The number of aryl methyl sites for hydroxylation is 1. The Bertz CT molecular complexity index is 700. The SMILES string of the molecule is Cc1ccc(CN2C[C@@H](C(=O)N3CC[C@](C)(C(=O)O)C3)CC2=O)cc1. The van der Waals surface area contributed by atoms with Crippen molar-refractivity contribution in [2.45, 2.75) is 33.2 Å². The van der Waals surface area contributed by atoms with Crippen LogP contribution in [0.4, 0.5) is 0 Å². The molecule has 2 aliphatic heterocycles. The van der Waals surface area contributed by atoms with E-state index >= 15 is 0 Å². The first-order valence-corrected chi connectivity index (χ1v) is 8.64. The minimum absolute atomic E-state index is 0.0147. The van der Waals surface area contributed by atoms with E-state index in [0.29, 0.717) is 26.1 Å². The van der Waals surface area contributed by atoms with Crippen LogP contribution in [0.2, 0.25) is 0 Å². The van der Waals surface area contributed by atoms with Gasteiger partial charge in [-0.3, -0.25) is 14.4 Å². The van der Waals surface area contributed by atoms with E-state index in [1.807, 2.05) is 31.2 Å². The molecule has 0 aromatic heterocycles. The zero-order valence-corrected chi connectivity index (χ0v) is 14.7. The van der Waals surface area contributed by atoms with E-state index in [9.17, 15) is 19.5 Å². The van der Waals surface area contributed by atoms with Crippen LogP contribution in [-0.2, 0) is 20.9 Å². The Hall–Kier alpha value is -2.37. The van der Waals surface area contributed by atoms with E-state index in [1.54, 1.807) is 16.7 Å². The zero-order chi connectivity index (χ0) is 18.2. The van der Waals surface area contributed by atoms with Gasteiger partial charge in [0, 0.05) is 32.6 Å². The number of aliphatic carboxylic acids is 1. The third kappa shape index (κ3) is 3.52. The Kier molecular flexibility index (Phi) is 4.54. The smallest absolute Gasteiger partial charge is 0.311 e. The summed E-state index contributed by atoms with van der Waals surface area (Å²) in [6.07, 6.45) is 0.673. The van der Waals surface area contributed by atoms with Gasteiger partial charge >= 0.3 is 5.97 Å². The molecular formula is C19H24N2O4. The number of benzene rings is 1. The second-order valence-corrected chi connectivity index (χ2v) is 7.54. The van der Waals surface area contributed by atoms with Gasteiger partial charge in [-0.05, 0) is 25.8 Å². The molecule has 0 radical (unpaired) electrons. The average Bonchev–Trinajstić information content (AvgIpc) is 3.14. The molecule has 2 atom stereocenters. The number of amides is 2. The molecule has 1 N–H and O–H groups in total. The van der Waals surface area contributed by atoms with Crippen LogP contribution in [-0.4, -0.2) is 52.3 Å². The maximum atomic E-state index is 12.7. The lowest BCUT2D eigenvalue weighted by Gasteiger charge is -2.23. The van der Waals surface area contributed by atoms with Crippen LogP contribution in [0.3, 0.4) is 0 Å². The highest BCUT2D eigenvalue weighted by Crippen LogP contribution is 2.32. The van der Waals surface area contributed by atoms with Crippen molar-refractivity contribution in [1.29, 1.82) is 0 Å². The Balaban J connectivity index is 1.61. The number of hydrogen-bond donors (Lipinski definition) is 1. The summed E-state index contributed by atoms with van der Waals surface area (Å²) in [5, 5.41) is 9.30. The minimum atomic E-state index is -0.875. The molecular weight excluding hydrogens is 320 g/mol. The van der Waals surface area contributed by atoms with E-state index in [1.165, 1.54) is 5.56 Å². The van der Waals surface area contributed by atoms with E-state index in [2.05, 4.69) is 0 Å². The van der Waals surface area contributed by atoms with Crippen molar-refractivity contribution in [2.24, 2.45) is 11.3 Å². The summed E-state index contributed by atoms with van der Waals surface area (Å²) in [5.41, 5.74) is 1.34. The first kappa shape index (κ1) is 17.5. The predicted octanol–water partition coefficient (Wildman–Crippen LogP) is 1.67. The number of nitrogens with zero attached hydrogens (tertiary/aromatic N) is 2.